The summed E-state index contributed by atoms with van der Waals surface area (Å²) in [6.07, 6.45) is 1.11. The van der Waals surface area contributed by atoms with Gasteiger partial charge in [-0.1, -0.05) is 30.8 Å². The van der Waals surface area contributed by atoms with Crippen molar-refractivity contribution < 1.29 is 19.1 Å². The predicted molar refractivity (Wildman–Crippen MR) is 88.7 cm³/mol. The van der Waals surface area contributed by atoms with E-state index in [-0.39, 0.29) is 13.2 Å². The van der Waals surface area contributed by atoms with Gasteiger partial charge in [0, 0.05) is 11.6 Å². The van der Waals surface area contributed by atoms with Gasteiger partial charge in [0.05, 0.1) is 0 Å². The van der Waals surface area contributed by atoms with Crippen molar-refractivity contribution in [3.05, 3.63) is 66.7 Å². The van der Waals surface area contributed by atoms with E-state index in [1.165, 1.54) is 0 Å². The predicted octanol–water partition coefficient (Wildman–Crippen LogP) is 3.84. The molecule has 23 heavy (non-hydrogen) atoms. The Balaban J connectivity index is 1.92. The number of carbonyl (C=O) groups excluding carboxylic acids is 2. The fraction of sp³-hybridized carbons (Fsp3) is 0.111. The molecule has 0 N–H and O–H groups in total. The molecule has 0 spiro atoms. The molecule has 0 aliphatic rings. The fourth-order valence-corrected chi connectivity index (χ4v) is 2.02. The fourth-order valence-electron chi connectivity index (χ4n) is 1.90. The van der Waals surface area contributed by atoms with E-state index in [0.29, 0.717) is 11.3 Å². The van der Waals surface area contributed by atoms with Gasteiger partial charge in [0.15, 0.2) is 0 Å². The highest BCUT2D eigenvalue weighted by atomic mass is 35.5. The Morgan fingerprint density at radius 1 is 0.957 bits per heavy atom. The molecule has 2 rings (SSSR count). The molecule has 0 aliphatic heterocycles. The Labute approximate surface area is 139 Å². The molecule has 0 heterocycles. The van der Waals surface area contributed by atoms with Gasteiger partial charge >= 0.3 is 5.97 Å². The number of esters is 1. The van der Waals surface area contributed by atoms with Crippen LogP contribution >= 0.6 is 11.6 Å². The molecule has 0 bridgehead atoms. The summed E-state index contributed by atoms with van der Waals surface area (Å²) in [6, 6.07) is 14.5. The van der Waals surface area contributed by atoms with Gasteiger partial charge in [0.2, 0.25) is 0 Å². The molecule has 0 aliphatic carbocycles. The summed E-state index contributed by atoms with van der Waals surface area (Å²) in [4.78, 5) is 21.9. The summed E-state index contributed by atoms with van der Waals surface area (Å²) in [6.45, 7) is 3.75. The lowest BCUT2D eigenvalue weighted by Gasteiger charge is -2.08. The molecular formula is C18H15ClO4. The van der Waals surface area contributed by atoms with E-state index in [4.69, 9.17) is 21.1 Å². The summed E-state index contributed by atoms with van der Waals surface area (Å²) in [5.41, 5.74) is 2.42. The van der Waals surface area contributed by atoms with Crippen LogP contribution in [0.2, 0.25) is 0 Å². The van der Waals surface area contributed by atoms with E-state index in [1.54, 1.807) is 12.1 Å². The summed E-state index contributed by atoms with van der Waals surface area (Å²) < 4.78 is 10.3. The Morgan fingerprint density at radius 3 is 2.04 bits per heavy atom. The highest BCUT2D eigenvalue weighted by Gasteiger charge is 2.03. The zero-order chi connectivity index (χ0) is 16.7. The van der Waals surface area contributed by atoms with Gasteiger partial charge in [-0.15, -0.1) is 0 Å². The first-order valence-electron chi connectivity index (χ1n) is 6.92. The lowest BCUT2D eigenvalue weighted by Crippen LogP contribution is -2.10. The summed E-state index contributed by atoms with van der Waals surface area (Å²) in [5.74, 6) is 0.207. The third-order valence-corrected chi connectivity index (χ3v) is 3.28. The van der Waals surface area contributed by atoms with Gasteiger partial charge in [-0.25, -0.2) is 4.79 Å². The minimum absolute atomic E-state index is 0.167. The zero-order valence-electron chi connectivity index (χ0n) is 12.3. The summed E-state index contributed by atoms with van der Waals surface area (Å²) in [7, 11) is 0. The van der Waals surface area contributed by atoms with Crippen LogP contribution in [0.15, 0.2) is 61.2 Å². The molecule has 0 unspecified atom stereocenters. The normalized spacial score (nSPS) is 9.96. The van der Waals surface area contributed by atoms with E-state index < -0.39 is 11.2 Å². The maximum Gasteiger partial charge on any atom is 0.330 e. The molecule has 0 radical (unpaired) electrons. The van der Waals surface area contributed by atoms with E-state index in [1.807, 2.05) is 36.4 Å². The molecule has 0 fully saturated rings. The van der Waals surface area contributed by atoms with Crippen molar-refractivity contribution >= 4 is 22.8 Å². The second-order valence-corrected chi connectivity index (χ2v) is 4.94. The first-order chi connectivity index (χ1) is 11.1. The van der Waals surface area contributed by atoms with Crippen molar-refractivity contribution in [3.8, 4) is 16.9 Å². The van der Waals surface area contributed by atoms with Crippen molar-refractivity contribution in [3.63, 3.8) is 0 Å². The topological polar surface area (TPSA) is 52.6 Å². The monoisotopic (exact) mass is 330 g/mol. The van der Waals surface area contributed by atoms with Gasteiger partial charge in [0.25, 0.3) is 5.24 Å². The molecule has 5 heteroatoms. The van der Waals surface area contributed by atoms with Crippen LogP contribution in [0.5, 0.6) is 5.75 Å². The standard InChI is InChI=1S/C18H15ClO4/c1-2-17(20)23-12-11-22-16-9-7-14(8-10-16)13-3-5-15(6-4-13)18(19)21/h2-10H,1,11-12H2. The van der Waals surface area contributed by atoms with Crippen LogP contribution in [0, 0.1) is 0 Å². The van der Waals surface area contributed by atoms with Crippen molar-refractivity contribution in [1.82, 2.24) is 0 Å². The van der Waals surface area contributed by atoms with Crippen LogP contribution < -0.4 is 4.74 Å². The lowest BCUT2D eigenvalue weighted by atomic mass is 10.0. The minimum atomic E-state index is -0.475. The summed E-state index contributed by atoms with van der Waals surface area (Å²) in [5, 5.41) is -0.475. The van der Waals surface area contributed by atoms with Crippen molar-refractivity contribution in [2.45, 2.75) is 0 Å². The molecule has 0 atom stereocenters. The van der Waals surface area contributed by atoms with E-state index in [2.05, 4.69) is 6.58 Å². The van der Waals surface area contributed by atoms with Gasteiger partial charge in [-0.05, 0) is 47.0 Å². The second kappa shape index (κ2) is 8.15. The molecule has 2 aromatic rings. The number of halogens is 1. The number of ether oxygens (including phenoxy) is 2. The van der Waals surface area contributed by atoms with Crippen LogP contribution in [0.4, 0.5) is 0 Å². The third-order valence-electron chi connectivity index (χ3n) is 3.06. The highest BCUT2D eigenvalue weighted by Crippen LogP contribution is 2.23. The number of benzene rings is 2. The van der Waals surface area contributed by atoms with Crippen molar-refractivity contribution in [2.75, 3.05) is 13.2 Å². The van der Waals surface area contributed by atoms with E-state index >= 15 is 0 Å². The Bertz CT molecular complexity index is 690. The van der Waals surface area contributed by atoms with E-state index in [9.17, 15) is 9.59 Å². The number of carbonyl (C=O) groups is 2. The average molecular weight is 331 g/mol. The molecule has 2 aromatic carbocycles. The van der Waals surface area contributed by atoms with Crippen LogP contribution in [0.3, 0.4) is 0 Å². The Hall–Kier alpha value is -2.59. The van der Waals surface area contributed by atoms with Crippen LogP contribution in [0.25, 0.3) is 11.1 Å². The average Bonchev–Trinajstić information content (AvgIpc) is 2.59. The maximum absolute atomic E-state index is 11.0. The Kier molecular flexibility index (Phi) is 5.94. The van der Waals surface area contributed by atoms with E-state index in [0.717, 1.165) is 17.2 Å². The molecule has 0 saturated carbocycles. The number of hydrogen-bond acceptors (Lipinski definition) is 4. The van der Waals surface area contributed by atoms with Gasteiger partial charge in [0.1, 0.15) is 19.0 Å². The molecule has 118 valence electrons. The van der Waals surface area contributed by atoms with Crippen LogP contribution in [-0.4, -0.2) is 24.4 Å². The van der Waals surface area contributed by atoms with Crippen molar-refractivity contribution in [1.29, 1.82) is 0 Å². The second-order valence-electron chi connectivity index (χ2n) is 4.60. The third kappa shape index (κ3) is 4.97. The van der Waals surface area contributed by atoms with Crippen LogP contribution in [0.1, 0.15) is 10.4 Å². The van der Waals surface area contributed by atoms with Crippen LogP contribution in [-0.2, 0) is 9.53 Å². The first kappa shape index (κ1) is 16.8. The van der Waals surface area contributed by atoms with Gasteiger partial charge in [-0.2, -0.15) is 0 Å². The molecule has 0 saturated heterocycles. The lowest BCUT2D eigenvalue weighted by molar-refractivity contribution is -0.138. The Morgan fingerprint density at radius 2 is 1.52 bits per heavy atom. The maximum atomic E-state index is 11.0. The molecule has 0 aromatic heterocycles. The number of rotatable bonds is 7. The first-order valence-corrected chi connectivity index (χ1v) is 7.30. The van der Waals surface area contributed by atoms with Crippen molar-refractivity contribution in [2.24, 2.45) is 0 Å². The number of hydrogen-bond donors (Lipinski definition) is 0. The molecule has 4 nitrogen and oxygen atoms in total. The molecular weight excluding hydrogens is 316 g/mol. The quantitative estimate of drug-likeness (QED) is 0.335. The van der Waals surface area contributed by atoms with Gasteiger partial charge < -0.3 is 9.47 Å². The largest absolute Gasteiger partial charge is 0.490 e. The minimum Gasteiger partial charge on any atom is -0.490 e. The SMILES string of the molecule is C=CC(=O)OCCOc1ccc(-c2ccc(C(=O)Cl)cc2)cc1. The smallest absolute Gasteiger partial charge is 0.330 e. The summed E-state index contributed by atoms with van der Waals surface area (Å²) >= 11 is 5.42. The highest BCUT2D eigenvalue weighted by molar-refractivity contribution is 6.67. The molecule has 0 amide bonds. The zero-order valence-corrected chi connectivity index (χ0v) is 13.1. The van der Waals surface area contributed by atoms with Gasteiger partial charge in [-0.3, -0.25) is 4.79 Å².